The normalized spacial score (nSPS) is 11.4. The van der Waals surface area contributed by atoms with E-state index in [1.165, 1.54) is 0 Å². The van der Waals surface area contributed by atoms with E-state index in [9.17, 15) is 17.6 Å². The van der Waals surface area contributed by atoms with Crippen molar-refractivity contribution in [2.45, 2.75) is 26.1 Å². The van der Waals surface area contributed by atoms with Gasteiger partial charge in [0.25, 0.3) is 0 Å². The van der Waals surface area contributed by atoms with Crippen molar-refractivity contribution in [2.24, 2.45) is 0 Å². The molecule has 0 heterocycles. The van der Waals surface area contributed by atoms with Crippen molar-refractivity contribution in [3.8, 4) is 11.5 Å². The van der Waals surface area contributed by atoms with Gasteiger partial charge in [-0.15, -0.1) is 0 Å². The Kier molecular flexibility index (Phi) is 6.33. The first kappa shape index (κ1) is 21.0. The minimum absolute atomic E-state index is 0.0727. The summed E-state index contributed by atoms with van der Waals surface area (Å²) in [5.74, 6) is 0.447. The molecule has 0 radical (unpaired) electrons. The molecule has 29 heavy (non-hydrogen) atoms. The number of nitrogens with one attached hydrogen (secondary N) is 1. The van der Waals surface area contributed by atoms with E-state index >= 15 is 0 Å². The van der Waals surface area contributed by atoms with Gasteiger partial charge in [0.15, 0.2) is 0 Å². The van der Waals surface area contributed by atoms with E-state index in [4.69, 9.17) is 16.3 Å². The molecule has 0 aromatic heterocycles. The fourth-order valence-corrected chi connectivity index (χ4v) is 3.03. The van der Waals surface area contributed by atoms with Crippen molar-refractivity contribution in [1.82, 2.24) is 0 Å². The average molecular weight is 424 g/mol. The van der Waals surface area contributed by atoms with Gasteiger partial charge >= 0.3 is 6.18 Å². The first-order valence-corrected chi connectivity index (χ1v) is 9.30. The molecule has 0 aliphatic rings. The van der Waals surface area contributed by atoms with E-state index < -0.39 is 17.6 Å². The third kappa shape index (κ3) is 5.41. The van der Waals surface area contributed by atoms with Gasteiger partial charge < -0.3 is 10.1 Å². The number of benzene rings is 3. The molecule has 0 spiro atoms. The number of alkyl halides is 3. The van der Waals surface area contributed by atoms with Crippen molar-refractivity contribution < 1.29 is 22.3 Å². The summed E-state index contributed by atoms with van der Waals surface area (Å²) >= 11 is 6.11. The van der Waals surface area contributed by atoms with Crippen LogP contribution in [0.3, 0.4) is 0 Å². The SMILES string of the molecule is CCc1cc(Oc2cccc(NCc3cc(C(F)(F)F)ccc3F)c2)ccc1Cl. The molecule has 0 atom stereocenters. The summed E-state index contributed by atoms with van der Waals surface area (Å²) in [6.07, 6.45) is -3.76. The predicted molar refractivity (Wildman–Crippen MR) is 106 cm³/mol. The smallest absolute Gasteiger partial charge is 0.416 e. The minimum Gasteiger partial charge on any atom is -0.457 e. The number of rotatable bonds is 6. The van der Waals surface area contributed by atoms with Crippen LogP contribution in [0.1, 0.15) is 23.6 Å². The third-order valence-electron chi connectivity index (χ3n) is 4.32. The molecule has 0 saturated heterocycles. The van der Waals surface area contributed by atoms with Crippen molar-refractivity contribution in [3.63, 3.8) is 0 Å². The van der Waals surface area contributed by atoms with Crippen LogP contribution < -0.4 is 10.1 Å². The van der Waals surface area contributed by atoms with Crippen molar-refractivity contribution in [2.75, 3.05) is 5.32 Å². The molecule has 3 rings (SSSR count). The van der Waals surface area contributed by atoms with Gasteiger partial charge in [0.2, 0.25) is 0 Å². The second-order valence-electron chi connectivity index (χ2n) is 6.39. The quantitative estimate of drug-likeness (QED) is 0.415. The molecule has 2 nitrogen and oxygen atoms in total. The molecular weight excluding hydrogens is 406 g/mol. The highest BCUT2D eigenvalue weighted by molar-refractivity contribution is 6.31. The van der Waals surface area contributed by atoms with Crippen molar-refractivity contribution >= 4 is 17.3 Å². The molecule has 0 aliphatic heterocycles. The number of aryl methyl sites for hydroxylation is 1. The highest BCUT2D eigenvalue weighted by Crippen LogP contribution is 2.31. The summed E-state index contributed by atoms with van der Waals surface area (Å²) in [6, 6.07) is 14.6. The monoisotopic (exact) mass is 423 g/mol. The Labute approximate surface area is 171 Å². The van der Waals surface area contributed by atoms with Crippen LogP contribution in [0.25, 0.3) is 0 Å². The minimum atomic E-state index is -4.52. The summed E-state index contributed by atoms with van der Waals surface area (Å²) in [4.78, 5) is 0. The second-order valence-corrected chi connectivity index (χ2v) is 6.80. The molecule has 0 fully saturated rings. The summed E-state index contributed by atoms with van der Waals surface area (Å²) in [6.45, 7) is 1.89. The maximum Gasteiger partial charge on any atom is 0.416 e. The molecular formula is C22H18ClF4NO. The summed E-state index contributed by atoms with van der Waals surface area (Å²) in [5, 5.41) is 3.59. The maximum absolute atomic E-state index is 13.9. The average Bonchev–Trinajstić information content (AvgIpc) is 2.68. The highest BCUT2D eigenvalue weighted by Gasteiger charge is 2.31. The zero-order valence-corrected chi connectivity index (χ0v) is 16.2. The third-order valence-corrected chi connectivity index (χ3v) is 4.69. The van der Waals surface area contributed by atoms with Gasteiger partial charge in [0, 0.05) is 28.9 Å². The zero-order valence-electron chi connectivity index (χ0n) is 15.5. The Morgan fingerprint density at radius 1 is 0.931 bits per heavy atom. The number of hydrogen-bond acceptors (Lipinski definition) is 2. The topological polar surface area (TPSA) is 21.3 Å². The maximum atomic E-state index is 13.9. The number of anilines is 1. The van der Waals surface area contributed by atoms with Gasteiger partial charge in [-0.05, 0) is 60.5 Å². The van der Waals surface area contributed by atoms with Crippen LogP contribution in [0.5, 0.6) is 11.5 Å². The van der Waals surface area contributed by atoms with Crippen LogP contribution in [-0.2, 0) is 19.1 Å². The van der Waals surface area contributed by atoms with Crippen LogP contribution >= 0.6 is 11.6 Å². The van der Waals surface area contributed by atoms with Crippen LogP contribution in [-0.4, -0.2) is 0 Å². The van der Waals surface area contributed by atoms with E-state index in [0.29, 0.717) is 22.2 Å². The lowest BCUT2D eigenvalue weighted by molar-refractivity contribution is -0.137. The Balaban J connectivity index is 1.72. The Morgan fingerprint density at radius 3 is 2.41 bits per heavy atom. The van der Waals surface area contributed by atoms with Gasteiger partial charge in [-0.3, -0.25) is 0 Å². The van der Waals surface area contributed by atoms with Gasteiger partial charge in [-0.1, -0.05) is 24.6 Å². The Hall–Kier alpha value is -2.73. The van der Waals surface area contributed by atoms with Crippen molar-refractivity contribution in [3.05, 3.63) is 88.2 Å². The fraction of sp³-hybridized carbons (Fsp3) is 0.182. The lowest BCUT2D eigenvalue weighted by Crippen LogP contribution is -2.08. The molecule has 0 aliphatic carbocycles. The molecule has 152 valence electrons. The van der Waals surface area contributed by atoms with Crippen LogP contribution in [0.15, 0.2) is 60.7 Å². The van der Waals surface area contributed by atoms with E-state index in [2.05, 4.69) is 5.32 Å². The van der Waals surface area contributed by atoms with E-state index in [0.717, 1.165) is 30.2 Å². The molecule has 0 bridgehead atoms. The molecule has 0 amide bonds. The number of halogens is 5. The van der Waals surface area contributed by atoms with Crippen LogP contribution in [0.2, 0.25) is 5.02 Å². The molecule has 3 aromatic rings. The summed E-state index contributed by atoms with van der Waals surface area (Å²) in [5.41, 5.74) is 0.584. The molecule has 3 aromatic carbocycles. The number of ether oxygens (including phenoxy) is 1. The first-order valence-electron chi connectivity index (χ1n) is 8.92. The van der Waals surface area contributed by atoms with Crippen LogP contribution in [0.4, 0.5) is 23.2 Å². The van der Waals surface area contributed by atoms with Gasteiger partial charge in [0.05, 0.1) is 5.56 Å². The van der Waals surface area contributed by atoms with Gasteiger partial charge in [-0.25, -0.2) is 4.39 Å². The van der Waals surface area contributed by atoms with E-state index in [-0.39, 0.29) is 12.1 Å². The van der Waals surface area contributed by atoms with Crippen molar-refractivity contribution in [1.29, 1.82) is 0 Å². The zero-order chi connectivity index (χ0) is 21.0. The standard InChI is InChI=1S/C22H18ClF4NO/c1-2-14-11-19(7-8-20(14)23)29-18-5-3-4-17(12-18)28-13-15-10-16(22(25,26)27)6-9-21(15)24/h3-12,28H,2,13H2,1H3. The predicted octanol–water partition coefficient (Wildman–Crippen LogP) is 7.46. The van der Waals surface area contributed by atoms with Crippen LogP contribution in [0, 0.1) is 5.82 Å². The van der Waals surface area contributed by atoms with E-state index in [1.54, 1.807) is 36.4 Å². The lowest BCUT2D eigenvalue weighted by atomic mass is 10.1. The first-order chi connectivity index (χ1) is 13.8. The lowest BCUT2D eigenvalue weighted by Gasteiger charge is -2.13. The Morgan fingerprint density at radius 2 is 1.69 bits per heavy atom. The summed E-state index contributed by atoms with van der Waals surface area (Å²) in [7, 11) is 0. The molecule has 0 saturated carbocycles. The molecule has 1 N–H and O–H groups in total. The fourth-order valence-electron chi connectivity index (χ4n) is 2.77. The number of hydrogen-bond donors (Lipinski definition) is 1. The van der Waals surface area contributed by atoms with E-state index in [1.807, 2.05) is 13.0 Å². The largest absolute Gasteiger partial charge is 0.457 e. The molecule has 7 heteroatoms. The second kappa shape index (κ2) is 8.74. The summed E-state index contributed by atoms with van der Waals surface area (Å²) < 4.78 is 58.2. The van der Waals surface area contributed by atoms with Gasteiger partial charge in [-0.2, -0.15) is 13.2 Å². The highest BCUT2D eigenvalue weighted by atomic mass is 35.5. The van der Waals surface area contributed by atoms with Gasteiger partial charge in [0.1, 0.15) is 17.3 Å². The molecule has 0 unspecified atom stereocenters. The Bertz CT molecular complexity index is 1000.